The first kappa shape index (κ1) is 43.2. The van der Waals surface area contributed by atoms with E-state index in [-0.39, 0.29) is 0 Å². The van der Waals surface area contributed by atoms with Crippen molar-refractivity contribution in [2.45, 2.75) is 42.4 Å². The highest BCUT2D eigenvalue weighted by Crippen LogP contribution is 2.37. The summed E-state index contributed by atoms with van der Waals surface area (Å²) in [7, 11) is -24.8. The summed E-state index contributed by atoms with van der Waals surface area (Å²) in [6.45, 7) is 9.29. The molecule has 43 heavy (non-hydrogen) atoms. The van der Waals surface area contributed by atoms with Crippen molar-refractivity contribution in [1.29, 1.82) is 0 Å². The molecule has 0 amide bonds. The number of hydrogen-bond donors (Lipinski definition) is 1. The third kappa shape index (κ3) is 14.1. The molecule has 13 nitrogen and oxygen atoms in total. The van der Waals surface area contributed by atoms with Crippen LogP contribution in [0.15, 0.2) is 18.7 Å². The number of imidazole rings is 1. The number of alkyl halides is 12. The SMILES string of the molecule is CC[NH+](CC)CCn1cc[n+](C)c1.O=S(=O)([N-]S(=O)(=O)C(F)(F)F)C(F)(F)F.O=S(=O)([N-]S(=O)(=O)C(F)(F)F)C(F)(F)F. The Morgan fingerprint density at radius 2 is 0.907 bits per heavy atom. The Morgan fingerprint density at radius 1 is 0.628 bits per heavy atom. The number of aryl methyl sites for hydroxylation is 1. The summed E-state index contributed by atoms with van der Waals surface area (Å²) < 4.78 is 223. The van der Waals surface area contributed by atoms with E-state index in [2.05, 4.69) is 48.8 Å². The Kier molecular flexibility index (Phi) is 14.9. The van der Waals surface area contributed by atoms with Crippen molar-refractivity contribution in [1.82, 2.24) is 4.57 Å². The van der Waals surface area contributed by atoms with Gasteiger partial charge in [-0.3, -0.25) is 0 Å². The lowest BCUT2D eigenvalue weighted by Crippen LogP contribution is -3.11. The van der Waals surface area contributed by atoms with Crippen molar-refractivity contribution in [3.05, 3.63) is 27.0 Å². The number of likely N-dealkylation sites (N-methyl/N-ethyl adjacent to an activating group) is 1. The summed E-state index contributed by atoms with van der Waals surface area (Å²) in [5.41, 5.74) is -24.8. The lowest BCUT2D eigenvalue weighted by Gasteiger charge is -2.22. The quantitative estimate of drug-likeness (QED) is 0.291. The van der Waals surface area contributed by atoms with Crippen LogP contribution in [0.5, 0.6) is 0 Å². The number of halogens is 12. The fraction of sp³-hybridized carbons (Fsp3) is 0.786. The van der Waals surface area contributed by atoms with E-state index >= 15 is 0 Å². The maximum Gasteiger partial charge on any atom is 0.480 e. The van der Waals surface area contributed by atoms with Crippen LogP contribution in [-0.4, -0.2) is 79.9 Å². The second-order valence-corrected chi connectivity index (χ2v) is 14.2. The molecule has 258 valence electrons. The Morgan fingerprint density at radius 3 is 1.09 bits per heavy atom. The van der Waals surface area contributed by atoms with Crippen molar-refractivity contribution in [3.63, 3.8) is 0 Å². The molecule has 1 rings (SSSR count). The summed E-state index contributed by atoms with van der Waals surface area (Å²) >= 11 is 0. The predicted octanol–water partition coefficient (Wildman–Crippen LogP) is 1.36. The molecule has 1 aromatic rings. The second-order valence-electron chi connectivity index (χ2n) is 7.36. The maximum absolute atomic E-state index is 11.4. The molecule has 0 radical (unpaired) electrons. The molecule has 0 aliphatic rings. The zero-order valence-corrected chi connectivity index (χ0v) is 24.5. The Bertz CT molecular complexity index is 1290. The lowest BCUT2D eigenvalue weighted by atomic mass is 10.4. The number of hydrogen-bond acceptors (Lipinski definition) is 8. The van der Waals surface area contributed by atoms with Gasteiger partial charge in [0.2, 0.25) is 6.33 Å². The van der Waals surface area contributed by atoms with Crippen molar-refractivity contribution >= 4 is 40.1 Å². The van der Waals surface area contributed by atoms with E-state index in [1.807, 2.05) is 0 Å². The Labute approximate surface area is 236 Å². The monoisotopic (exact) mass is 743 g/mol. The summed E-state index contributed by atoms with van der Waals surface area (Å²) in [6, 6.07) is 0. The molecule has 0 unspecified atom stereocenters. The van der Waals surface area contributed by atoms with Gasteiger partial charge in [-0.25, -0.2) is 42.8 Å². The third-order valence-electron chi connectivity index (χ3n) is 4.11. The van der Waals surface area contributed by atoms with Crippen LogP contribution in [0.4, 0.5) is 52.7 Å². The van der Waals surface area contributed by atoms with E-state index in [1.54, 1.807) is 4.90 Å². The zero-order chi connectivity index (χ0) is 35.1. The van der Waals surface area contributed by atoms with Gasteiger partial charge in [-0.1, -0.05) is 0 Å². The van der Waals surface area contributed by atoms with E-state index in [9.17, 15) is 86.4 Å². The van der Waals surface area contributed by atoms with Crippen LogP contribution in [-0.2, 0) is 53.7 Å². The van der Waals surface area contributed by atoms with Crippen LogP contribution in [0.1, 0.15) is 13.8 Å². The summed E-state index contributed by atoms with van der Waals surface area (Å²) in [4.78, 5) is 1.66. The van der Waals surface area contributed by atoms with Gasteiger partial charge < -0.3 is 13.2 Å². The highest BCUT2D eigenvalue weighted by molar-refractivity contribution is 8.13. The summed E-state index contributed by atoms with van der Waals surface area (Å²) in [5.74, 6) is 0. The smallest absolute Gasteiger partial charge is 0.421 e. The minimum atomic E-state index is -6.72. The van der Waals surface area contributed by atoms with Gasteiger partial charge in [0.05, 0.1) is 20.1 Å². The average molecular weight is 744 g/mol. The average Bonchev–Trinajstić information content (AvgIpc) is 3.16. The normalized spacial score (nSPS) is 14.0. The van der Waals surface area contributed by atoms with Gasteiger partial charge in [0, 0.05) is 0 Å². The third-order valence-corrected chi connectivity index (χ3v) is 9.59. The van der Waals surface area contributed by atoms with Gasteiger partial charge in [-0.05, 0) is 13.8 Å². The number of rotatable bonds is 9. The largest absolute Gasteiger partial charge is 0.480 e. The van der Waals surface area contributed by atoms with Gasteiger partial charge in [0.15, 0.2) is 40.1 Å². The first-order chi connectivity index (χ1) is 18.7. The second kappa shape index (κ2) is 14.9. The van der Waals surface area contributed by atoms with Crippen LogP contribution < -0.4 is 9.47 Å². The molecule has 0 spiro atoms. The molecule has 0 saturated heterocycles. The topological polar surface area (TPSA) is 178 Å². The number of nitrogens with one attached hydrogen (secondary N) is 1. The Hall–Kier alpha value is -1.95. The number of sulfonamides is 4. The maximum atomic E-state index is 11.4. The summed E-state index contributed by atoms with van der Waals surface area (Å²) in [6.07, 6.45) is 6.34. The molecular formula is C14H21F12N5O8S4. The van der Waals surface area contributed by atoms with Gasteiger partial charge in [-0.2, -0.15) is 52.7 Å². The standard InChI is InChI=1S/C10H20N3.2C2F6NO4S2/c1-4-12(5-2)8-9-13-7-6-11(3)10-13;2*3-1(4,5)14(10,11)9-15(12,13)2(6,7)8/h6-7,10H,4-5,8-9H2,1-3H3;;/q+1;2*-1/p+1. The van der Waals surface area contributed by atoms with Gasteiger partial charge in [0.1, 0.15) is 25.5 Å². The molecule has 0 aliphatic heterocycles. The molecule has 1 N–H and O–H groups in total. The highest BCUT2D eigenvalue weighted by atomic mass is 32.3. The van der Waals surface area contributed by atoms with Crippen LogP contribution in [0.3, 0.4) is 0 Å². The molecule has 0 bridgehead atoms. The van der Waals surface area contributed by atoms with Crippen LogP contribution >= 0.6 is 0 Å². The molecule has 0 aliphatic carbocycles. The predicted molar refractivity (Wildman–Crippen MR) is 119 cm³/mol. The number of quaternary nitrogens is 1. The zero-order valence-electron chi connectivity index (χ0n) is 21.3. The minimum Gasteiger partial charge on any atom is -0.421 e. The number of nitrogens with zero attached hydrogens (tertiary/aromatic N) is 4. The molecule has 29 heteroatoms. The minimum absolute atomic E-state index is 0.778. The molecule has 0 aromatic carbocycles. The molecule has 0 fully saturated rings. The van der Waals surface area contributed by atoms with E-state index in [0.29, 0.717) is 0 Å². The van der Waals surface area contributed by atoms with Crippen molar-refractivity contribution in [2.75, 3.05) is 19.6 Å². The van der Waals surface area contributed by atoms with Gasteiger partial charge >= 0.3 is 22.0 Å². The fourth-order valence-electron chi connectivity index (χ4n) is 1.95. The highest BCUT2D eigenvalue weighted by Gasteiger charge is 2.48. The first-order valence-electron chi connectivity index (χ1n) is 10.3. The van der Waals surface area contributed by atoms with Gasteiger partial charge in [-0.15, -0.1) is 0 Å². The van der Waals surface area contributed by atoms with E-state index in [0.717, 1.165) is 14.8 Å². The van der Waals surface area contributed by atoms with Crippen LogP contribution in [0.25, 0.3) is 8.25 Å². The van der Waals surface area contributed by atoms with E-state index in [1.165, 1.54) is 19.6 Å². The van der Waals surface area contributed by atoms with Crippen LogP contribution in [0.2, 0.25) is 0 Å². The first-order valence-corrected chi connectivity index (χ1v) is 16.0. The molecular weight excluding hydrogens is 722 g/mol. The van der Waals surface area contributed by atoms with Crippen molar-refractivity contribution in [2.24, 2.45) is 7.05 Å². The van der Waals surface area contributed by atoms with Gasteiger partial charge in [0.25, 0.3) is 0 Å². The van der Waals surface area contributed by atoms with E-state index in [4.69, 9.17) is 0 Å². The van der Waals surface area contributed by atoms with E-state index < -0.39 is 62.1 Å². The van der Waals surface area contributed by atoms with Crippen molar-refractivity contribution < 1.29 is 95.8 Å². The fourth-order valence-corrected chi connectivity index (χ4v) is 5.37. The Balaban J connectivity index is 0. The molecule has 1 heterocycles. The van der Waals surface area contributed by atoms with Crippen molar-refractivity contribution in [3.8, 4) is 0 Å². The molecule has 1 aromatic heterocycles. The summed E-state index contributed by atoms with van der Waals surface area (Å²) in [5, 5.41) is 0. The molecule has 0 atom stereocenters. The van der Waals surface area contributed by atoms with Crippen LogP contribution in [0, 0.1) is 0 Å². The number of aromatic nitrogens is 2. The lowest BCUT2D eigenvalue weighted by molar-refractivity contribution is -0.897. The molecule has 0 saturated carbocycles.